The van der Waals surface area contributed by atoms with Gasteiger partial charge in [0.1, 0.15) is 6.54 Å². The van der Waals surface area contributed by atoms with Gasteiger partial charge in [0.25, 0.3) is 0 Å². The molecular formula is C19H22BrF3N2O3. The maximum Gasteiger partial charge on any atom is 0.406 e. The summed E-state index contributed by atoms with van der Waals surface area (Å²) < 4.78 is 44.3. The van der Waals surface area contributed by atoms with E-state index >= 15 is 0 Å². The topological polar surface area (TPSA) is 58.6 Å². The number of hydrogen-bond acceptors (Lipinski definition) is 3. The second-order valence-corrected chi connectivity index (χ2v) is 8.46. The van der Waals surface area contributed by atoms with Crippen molar-refractivity contribution in [2.24, 2.45) is 5.41 Å². The molecule has 1 atom stereocenters. The molecule has 1 aromatic carbocycles. The number of nitrogens with one attached hydrogen (secondary N) is 1. The Morgan fingerprint density at radius 3 is 2.64 bits per heavy atom. The number of rotatable bonds is 4. The van der Waals surface area contributed by atoms with Gasteiger partial charge in [-0.1, -0.05) is 22.0 Å². The van der Waals surface area contributed by atoms with E-state index in [1.54, 1.807) is 7.11 Å². The normalized spacial score (nSPS) is 26.8. The summed E-state index contributed by atoms with van der Waals surface area (Å²) in [7, 11) is 1.67. The number of hydrogen-bond donors (Lipinski definition) is 1. The average Bonchev–Trinajstić information content (AvgIpc) is 2.92. The SMILES string of the molecule is COC1CCC2(CC1)Cc1ccc(Br)cc1C2NC(=O)N(C=O)CC(F)(F)F. The zero-order valence-electron chi connectivity index (χ0n) is 15.4. The van der Waals surface area contributed by atoms with Gasteiger partial charge < -0.3 is 10.1 Å². The van der Waals surface area contributed by atoms with Crippen molar-refractivity contribution in [2.75, 3.05) is 13.7 Å². The molecule has 2 aliphatic rings. The van der Waals surface area contributed by atoms with Crippen LogP contribution in [0.5, 0.6) is 0 Å². The first-order chi connectivity index (χ1) is 13.2. The third kappa shape index (κ3) is 4.35. The molecule has 5 nitrogen and oxygen atoms in total. The van der Waals surface area contributed by atoms with Crippen LogP contribution in [0.15, 0.2) is 22.7 Å². The summed E-state index contributed by atoms with van der Waals surface area (Å²) in [4.78, 5) is 23.7. The lowest BCUT2D eigenvalue weighted by molar-refractivity contribution is -0.148. The van der Waals surface area contributed by atoms with Gasteiger partial charge in [-0.3, -0.25) is 9.69 Å². The Morgan fingerprint density at radius 2 is 2.07 bits per heavy atom. The van der Waals surface area contributed by atoms with Crippen LogP contribution < -0.4 is 5.32 Å². The second kappa shape index (κ2) is 8.02. The third-order valence-corrected chi connectivity index (χ3v) is 6.33. The van der Waals surface area contributed by atoms with Crippen molar-refractivity contribution < 1.29 is 27.5 Å². The van der Waals surface area contributed by atoms with Crippen LogP contribution in [0.3, 0.4) is 0 Å². The van der Waals surface area contributed by atoms with Crippen LogP contribution in [-0.2, 0) is 16.0 Å². The van der Waals surface area contributed by atoms with E-state index in [4.69, 9.17) is 4.74 Å². The molecule has 1 fully saturated rings. The number of nitrogens with zero attached hydrogens (tertiary/aromatic N) is 1. The van der Waals surface area contributed by atoms with E-state index in [0.717, 1.165) is 47.7 Å². The highest BCUT2D eigenvalue weighted by Gasteiger charge is 2.49. The Balaban J connectivity index is 1.87. The lowest BCUT2D eigenvalue weighted by Crippen LogP contribution is -2.49. The van der Waals surface area contributed by atoms with Gasteiger partial charge in [0.15, 0.2) is 0 Å². The molecule has 0 saturated heterocycles. The number of carbonyl (C=O) groups excluding carboxylic acids is 2. The molecule has 154 valence electrons. The molecule has 1 unspecified atom stereocenters. The minimum atomic E-state index is -4.65. The Hall–Kier alpha value is -1.61. The summed E-state index contributed by atoms with van der Waals surface area (Å²) in [5.74, 6) is 0. The molecule has 3 amide bonds. The van der Waals surface area contributed by atoms with Gasteiger partial charge in [-0.2, -0.15) is 13.2 Å². The van der Waals surface area contributed by atoms with Gasteiger partial charge >= 0.3 is 12.2 Å². The minimum absolute atomic E-state index is 0.0753. The molecular weight excluding hydrogens is 441 g/mol. The van der Waals surface area contributed by atoms with Crippen molar-refractivity contribution in [3.63, 3.8) is 0 Å². The Bertz CT molecular complexity index is 748. The quantitative estimate of drug-likeness (QED) is 0.676. The number of imide groups is 1. The van der Waals surface area contributed by atoms with Crippen LogP contribution in [0, 0.1) is 5.41 Å². The number of carbonyl (C=O) groups is 2. The van der Waals surface area contributed by atoms with E-state index in [-0.39, 0.29) is 22.8 Å². The third-order valence-electron chi connectivity index (χ3n) is 5.84. The fraction of sp³-hybridized carbons (Fsp3) is 0.579. The van der Waals surface area contributed by atoms with E-state index in [9.17, 15) is 22.8 Å². The van der Waals surface area contributed by atoms with Crippen LogP contribution in [0.4, 0.5) is 18.0 Å². The fourth-order valence-electron chi connectivity index (χ4n) is 4.46. The molecule has 1 aromatic rings. The van der Waals surface area contributed by atoms with E-state index in [1.807, 2.05) is 18.2 Å². The van der Waals surface area contributed by atoms with Crippen molar-refractivity contribution in [1.82, 2.24) is 10.2 Å². The Kier molecular flexibility index (Phi) is 6.05. The average molecular weight is 463 g/mol. The molecule has 0 radical (unpaired) electrons. The van der Waals surface area contributed by atoms with Gasteiger partial charge in [-0.15, -0.1) is 0 Å². The molecule has 9 heteroatoms. The number of alkyl halides is 3. The molecule has 1 N–H and O–H groups in total. The summed E-state index contributed by atoms with van der Waals surface area (Å²) in [6.45, 7) is -1.61. The van der Waals surface area contributed by atoms with Gasteiger partial charge in [0.2, 0.25) is 6.41 Å². The van der Waals surface area contributed by atoms with E-state index in [1.165, 1.54) is 0 Å². The highest BCUT2D eigenvalue weighted by Crippen LogP contribution is 2.54. The monoisotopic (exact) mass is 462 g/mol. The zero-order chi connectivity index (χ0) is 20.5. The molecule has 1 saturated carbocycles. The van der Waals surface area contributed by atoms with Crippen LogP contribution in [-0.4, -0.2) is 43.3 Å². The lowest BCUT2D eigenvalue weighted by atomic mass is 9.68. The molecule has 1 spiro atoms. The van der Waals surface area contributed by atoms with Crippen molar-refractivity contribution in [3.8, 4) is 0 Å². The van der Waals surface area contributed by atoms with Gasteiger partial charge in [0.05, 0.1) is 12.1 Å². The van der Waals surface area contributed by atoms with Gasteiger partial charge in [-0.25, -0.2) is 4.79 Å². The first kappa shape index (κ1) is 21.1. The number of ether oxygens (including phenoxy) is 1. The highest BCUT2D eigenvalue weighted by atomic mass is 79.9. The largest absolute Gasteiger partial charge is 0.406 e. The van der Waals surface area contributed by atoms with Crippen LogP contribution >= 0.6 is 15.9 Å². The summed E-state index contributed by atoms with van der Waals surface area (Å²) in [5.41, 5.74) is 1.66. The minimum Gasteiger partial charge on any atom is -0.381 e. The molecule has 0 aromatic heterocycles. The van der Waals surface area contributed by atoms with Crippen LogP contribution in [0.25, 0.3) is 0 Å². The summed E-state index contributed by atoms with van der Waals surface area (Å²) in [6, 6.07) is 4.30. The summed E-state index contributed by atoms with van der Waals surface area (Å²) in [6.07, 6.45) is -0.648. The molecule has 0 heterocycles. The number of methoxy groups -OCH3 is 1. The van der Waals surface area contributed by atoms with Crippen LogP contribution in [0.2, 0.25) is 0 Å². The number of urea groups is 1. The number of benzene rings is 1. The molecule has 2 aliphatic carbocycles. The standard InChI is InChI=1S/C19H22BrF3N2O3/c1-28-14-4-6-18(7-5-14)9-12-2-3-13(20)8-15(12)16(18)24-17(27)25(11-26)10-19(21,22)23/h2-3,8,11,14,16H,4-7,9-10H2,1H3,(H,24,27). The molecule has 0 bridgehead atoms. The van der Waals surface area contributed by atoms with Gasteiger partial charge in [0, 0.05) is 11.6 Å². The smallest absolute Gasteiger partial charge is 0.381 e. The van der Waals surface area contributed by atoms with Crippen molar-refractivity contribution >= 4 is 28.4 Å². The summed E-state index contributed by atoms with van der Waals surface area (Å²) in [5, 5.41) is 2.72. The van der Waals surface area contributed by atoms with E-state index in [2.05, 4.69) is 21.2 Å². The predicted octanol–water partition coefficient (Wildman–Crippen LogP) is 4.35. The van der Waals surface area contributed by atoms with Crippen molar-refractivity contribution in [2.45, 2.75) is 50.4 Å². The number of amides is 3. The number of halogens is 4. The van der Waals surface area contributed by atoms with Gasteiger partial charge in [-0.05, 0) is 60.8 Å². The first-order valence-corrected chi connectivity index (χ1v) is 9.87. The van der Waals surface area contributed by atoms with Crippen molar-refractivity contribution in [1.29, 1.82) is 0 Å². The first-order valence-electron chi connectivity index (χ1n) is 9.08. The fourth-order valence-corrected chi connectivity index (χ4v) is 4.84. The maximum atomic E-state index is 12.7. The summed E-state index contributed by atoms with van der Waals surface area (Å²) >= 11 is 3.43. The van der Waals surface area contributed by atoms with E-state index < -0.39 is 24.8 Å². The predicted molar refractivity (Wildman–Crippen MR) is 99.6 cm³/mol. The van der Waals surface area contributed by atoms with Crippen molar-refractivity contribution in [3.05, 3.63) is 33.8 Å². The van der Waals surface area contributed by atoms with Crippen LogP contribution in [0.1, 0.15) is 42.9 Å². The Morgan fingerprint density at radius 1 is 1.39 bits per heavy atom. The molecule has 3 rings (SSSR count). The molecule has 0 aliphatic heterocycles. The second-order valence-electron chi connectivity index (χ2n) is 7.55. The Labute approximate surface area is 169 Å². The molecule has 28 heavy (non-hydrogen) atoms. The van der Waals surface area contributed by atoms with E-state index in [0.29, 0.717) is 0 Å². The lowest BCUT2D eigenvalue weighted by Gasteiger charge is -2.42. The zero-order valence-corrected chi connectivity index (χ0v) is 17.0. The maximum absolute atomic E-state index is 12.7. The number of fused-ring (bicyclic) bond motifs is 1. The highest BCUT2D eigenvalue weighted by molar-refractivity contribution is 9.10.